The summed E-state index contributed by atoms with van der Waals surface area (Å²) in [6, 6.07) is 0. The maximum Gasteiger partial charge on any atom is 0.142 e. The molecule has 0 amide bonds. The largest absolute Gasteiger partial charge is 0.299 e. The molecule has 0 rings (SSSR count). The molecule has 0 aromatic carbocycles. The highest BCUT2D eigenvalue weighted by molar-refractivity contribution is 4.85. The van der Waals surface area contributed by atoms with E-state index < -0.39 is 0 Å². The van der Waals surface area contributed by atoms with Gasteiger partial charge in [0.05, 0.1) is 0 Å². The number of hydrogen-bond donors (Lipinski definition) is 0. The monoisotopic (exact) mass is 230 g/mol. The Hall–Kier alpha value is -0.160. The van der Waals surface area contributed by atoms with E-state index in [4.69, 9.17) is 0 Å². The molecule has 4 heteroatoms. The molecule has 0 unspecified atom stereocenters. The van der Waals surface area contributed by atoms with Gasteiger partial charge in [0.2, 0.25) is 0 Å². The Morgan fingerprint density at radius 3 is 1.19 bits per heavy atom. The first-order valence-electron chi connectivity index (χ1n) is 6.07. The van der Waals surface area contributed by atoms with E-state index in [1.54, 1.807) is 0 Å². The molecule has 0 aliphatic rings. The van der Waals surface area contributed by atoms with E-state index in [0.717, 1.165) is 19.6 Å². The highest BCUT2D eigenvalue weighted by atomic mass is 15.5. The first kappa shape index (κ1) is 15.8. The second kappa shape index (κ2) is 6.55. The zero-order valence-corrected chi connectivity index (χ0v) is 12.4. The lowest BCUT2D eigenvalue weighted by atomic mass is 10.2. The molecule has 0 saturated heterocycles. The fourth-order valence-electron chi connectivity index (χ4n) is 2.37. The molecule has 0 N–H and O–H groups in total. The van der Waals surface area contributed by atoms with Gasteiger partial charge in [0, 0.05) is 6.54 Å². The van der Waals surface area contributed by atoms with Crippen molar-refractivity contribution in [1.82, 2.24) is 19.6 Å². The van der Waals surface area contributed by atoms with Crippen LogP contribution < -0.4 is 0 Å². The van der Waals surface area contributed by atoms with Crippen molar-refractivity contribution in [2.45, 2.75) is 19.6 Å². The van der Waals surface area contributed by atoms with Crippen LogP contribution in [0.25, 0.3) is 0 Å². The van der Waals surface area contributed by atoms with E-state index in [9.17, 15) is 0 Å². The molecule has 4 nitrogen and oxygen atoms in total. The van der Waals surface area contributed by atoms with E-state index in [1.807, 2.05) is 0 Å². The van der Waals surface area contributed by atoms with Gasteiger partial charge < -0.3 is 0 Å². The molecule has 0 aliphatic heterocycles. The Balaban J connectivity index is 5.04. The van der Waals surface area contributed by atoms with Crippen molar-refractivity contribution in [2.75, 3.05) is 61.9 Å². The zero-order chi connectivity index (χ0) is 12.9. The van der Waals surface area contributed by atoms with Crippen LogP contribution in [0.15, 0.2) is 0 Å². The molecule has 0 fully saturated rings. The second-order valence-electron chi connectivity index (χ2n) is 4.92. The summed E-state index contributed by atoms with van der Waals surface area (Å²) >= 11 is 0. The fourth-order valence-corrected chi connectivity index (χ4v) is 2.37. The van der Waals surface area contributed by atoms with Gasteiger partial charge in [0.15, 0.2) is 0 Å². The summed E-state index contributed by atoms with van der Waals surface area (Å²) in [4.78, 5) is 9.31. The van der Waals surface area contributed by atoms with Crippen LogP contribution >= 0.6 is 0 Å². The first-order valence-corrected chi connectivity index (χ1v) is 6.07. The summed E-state index contributed by atoms with van der Waals surface area (Å²) in [5.74, 6) is -0.0496. The lowest BCUT2D eigenvalue weighted by Crippen LogP contribution is -2.68. The molecular formula is C12H30N4. The van der Waals surface area contributed by atoms with Crippen molar-refractivity contribution in [1.29, 1.82) is 0 Å². The van der Waals surface area contributed by atoms with Crippen LogP contribution in [-0.2, 0) is 0 Å². The van der Waals surface area contributed by atoms with Crippen LogP contribution in [-0.4, -0.2) is 87.3 Å². The zero-order valence-electron chi connectivity index (χ0n) is 12.4. The van der Waals surface area contributed by atoms with Crippen LogP contribution in [0.1, 0.15) is 13.8 Å². The standard InChI is InChI=1S/C12H30N4/c1-9-16(10-2)11-12(13(3)4,14(5)6)15(7)8/h9-11H2,1-8H3. The second-order valence-corrected chi connectivity index (χ2v) is 4.92. The minimum atomic E-state index is -0.0496. The summed E-state index contributed by atoms with van der Waals surface area (Å²) in [6.45, 7) is 7.64. The molecule has 0 aromatic rings. The maximum atomic E-state index is 2.46. The predicted octanol–water partition coefficient (Wildman–Crippen LogP) is 0.667. The number of nitrogens with zero attached hydrogens (tertiary/aromatic N) is 4. The third-order valence-corrected chi connectivity index (χ3v) is 3.48. The van der Waals surface area contributed by atoms with E-state index in [1.165, 1.54) is 0 Å². The van der Waals surface area contributed by atoms with Crippen molar-refractivity contribution < 1.29 is 0 Å². The maximum absolute atomic E-state index is 2.46. The Kier molecular flexibility index (Phi) is 6.48. The number of likely N-dealkylation sites (N-methyl/N-ethyl adjacent to an activating group) is 4. The van der Waals surface area contributed by atoms with Gasteiger partial charge in [0.1, 0.15) is 5.79 Å². The summed E-state index contributed by atoms with van der Waals surface area (Å²) in [6.07, 6.45) is 0. The lowest BCUT2D eigenvalue weighted by molar-refractivity contribution is -0.125. The van der Waals surface area contributed by atoms with Crippen LogP contribution in [0.3, 0.4) is 0 Å². The SMILES string of the molecule is CCN(CC)CC(N(C)C)(N(C)C)N(C)C. The molecule has 98 valence electrons. The predicted molar refractivity (Wildman–Crippen MR) is 71.6 cm³/mol. The topological polar surface area (TPSA) is 13.0 Å². The molecule has 0 bridgehead atoms. The van der Waals surface area contributed by atoms with E-state index in [-0.39, 0.29) is 5.79 Å². The fraction of sp³-hybridized carbons (Fsp3) is 1.00. The van der Waals surface area contributed by atoms with Crippen LogP contribution in [0.4, 0.5) is 0 Å². The Morgan fingerprint density at radius 1 is 0.688 bits per heavy atom. The van der Waals surface area contributed by atoms with Gasteiger partial charge >= 0.3 is 0 Å². The highest BCUT2D eigenvalue weighted by Crippen LogP contribution is 2.19. The quantitative estimate of drug-likeness (QED) is 0.596. The first-order chi connectivity index (χ1) is 7.32. The smallest absolute Gasteiger partial charge is 0.142 e. The molecule has 0 aliphatic carbocycles. The number of hydrogen-bond acceptors (Lipinski definition) is 4. The summed E-state index contributed by atoms with van der Waals surface area (Å²) in [7, 11) is 12.9. The Labute approximate surface area is 102 Å². The van der Waals surface area contributed by atoms with Crippen molar-refractivity contribution in [3.8, 4) is 0 Å². The van der Waals surface area contributed by atoms with E-state index in [0.29, 0.717) is 0 Å². The van der Waals surface area contributed by atoms with Gasteiger partial charge in [0.25, 0.3) is 0 Å². The third kappa shape index (κ3) is 3.17. The average molecular weight is 230 g/mol. The van der Waals surface area contributed by atoms with Gasteiger partial charge in [-0.05, 0) is 55.4 Å². The van der Waals surface area contributed by atoms with Crippen LogP contribution in [0, 0.1) is 0 Å². The summed E-state index contributed by atoms with van der Waals surface area (Å²) in [5.41, 5.74) is 0. The van der Waals surface area contributed by atoms with Crippen molar-refractivity contribution in [3.63, 3.8) is 0 Å². The van der Waals surface area contributed by atoms with Gasteiger partial charge in [-0.2, -0.15) is 0 Å². The summed E-state index contributed by atoms with van der Waals surface area (Å²) in [5, 5.41) is 0. The highest BCUT2D eigenvalue weighted by Gasteiger charge is 2.38. The molecule has 0 atom stereocenters. The molecule has 0 radical (unpaired) electrons. The van der Waals surface area contributed by atoms with Gasteiger partial charge in [-0.25, -0.2) is 0 Å². The van der Waals surface area contributed by atoms with Gasteiger partial charge in [-0.3, -0.25) is 19.6 Å². The van der Waals surface area contributed by atoms with E-state index >= 15 is 0 Å². The van der Waals surface area contributed by atoms with Gasteiger partial charge in [-0.1, -0.05) is 13.8 Å². The van der Waals surface area contributed by atoms with Crippen molar-refractivity contribution in [2.24, 2.45) is 0 Å². The number of rotatable bonds is 7. The Morgan fingerprint density at radius 2 is 1.00 bits per heavy atom. The molecule has 0 spiro atoms. The average Bonchev–Trinajstić information content (AvgIpc) is 2.18. The minimum absolute atomic E-state index is 0.0496. The van der Waals surface area contributed by atoms with Gasteiger partial charge in [-0.15, -0.1) is 0 Å². The molecule has 0 aromatic heterocycles. The van der Waals surface area contributed by atoms with Crippen molar-refractivity contribution in [3.05, 3.63) is 0 Å². The molecule has 16 heavy (non-hydrogen) atoms. The van der Waals surface area contributed by atoms with Crippen LogP contribution in [0.2, 0.25) is 0 Å². The minimum Gasteiger partial charge on any atom is -0.299 e. The van der Waals surface area contributed by atoms with E-state index in [2.05, 4.69) is 75.7 Å². The molecular weight excluding hydrogens is 200 g/mol. The third-order valence-electron chi connectivity index (χ3n) is 3.48. The van der Waals surface area contributed by atoms with Crippen molar-refractivity contribution >= 4 is 0 Å². The molecule has 0 saturated carbocycles. The summed E-state index contributed by atoms with van der Waals surface area (Å²) < 4.78 is 0. The normalized spacial score (nSPS) is 13.5. The van der Waals surface area contributed by atoms with Crippen LogP contribution in [0.5, 0.6) is 0 Å². The molecule has 0 heterocycles. The Bertz CT molecular complexity index is 164. The lowest BCUT2D eigenvalue weighted by Gasteiger charge is -2.51.